The van der Waals surface area contributed by atoms with Crippen molar-refractivity contribution in [3.8, 4) is 0 Å². The van der Waals surface area contributed by atoms with Crippen LogP contribution in [0.2, 0.25) is 0 Å². The van der Waals surface area contributed by atoms with Crippen molar-refractivity contribution < 1.29 is 9.59 Å². The van der Waals surface area contributed by atoms with E-state index in [1.807, 2.05) is 6.07 Å². The molecule has 0 spiro atoms. The van der Waals surface area contributed by atoms with Crippen LogP contribution in [-0.2, 0) is 4.79 Å². The highest BCUT2D eigenvalue weighted by molar-refractivity contribution is 9.10. The fourth-order valence-electron chi connectivity index (χ4n) is 2.33. The summed E-state index contributed by atoms with van der Waals surface area (Å²) in [6.07, 6.45) is 2.16. The van der Waals surface area contributed by atoms with Crippen LogP contribution in [0, 0.1) is 5.92 Å². The lowest BCUT2D eigenvalue weighted by molar-refractivity contribution is -0.120. The molecule has 2 amide bonds. The summed E-state index contributed by atoms with van der Waals surface area (Å²) >= 11 is 3.31. The Labute approximate surface area is 145 Å². The van der Waals surface area contributed by atoms with Crippen molar-refractivity contribution in [3.63, 3.8) is 0 Å². The standard InChI is InChI=1S/C15H20BrN3O2.ClH/c16-13-3-1-2-12(8-13)15(21)19-10-14(20)18-7-5-11-4-6-17-9-11;/h1-3,8,11,17H,4-7,9-10H2,(H,18,20)(H,19,21);1H. The first-order chi connectivity index (χ1) is 10.1. The molecule has 1 aliphatic heterocycles. The summed E-state index contributed by atoms with van der Waals surface area (Å²) in [6, 6.07) is 7.07. The summed E-state index contributed by atoms with van der Waals surface area (Å²) in [6.45, 7) is 2.78. The summed E-state index contributed by atoms with van der Waals surface area (Å²) in [7, 11) is 0. The highest BCUT2D eigenvalue weighted by Crippen LogP contribution is 2.11. The van der Waals surface area contributed by atoms with E-state index in [1.165, 1.54) is 6.42 Å². The van der Waals surface area contributed by atoms with E-state index in [0.717, 1.165) is 24.0 Å². The molecule has 2 rings (SSSR count). The number of hydrogen-bond donors (Lipinski definition) is 3. The summed E-state index contributed by atoms with van der Waals surface area (Å²) in [5, 5.41) is 8.76. The SMILES string of the molecule is Cl.O=C(CNC(=O)c1cccc(Br)c1)NCCC1CCNC1. The third-order valence-electron chi connectivity index (χ3n) is 3.53. The van der Waals surface area contributed by atoms with Crippen LogP contribution in [-0.4, -0.2) is 38.0 Å². The van der Waals surface area contributed by atoms with Crippen molar-refractivity contribution in [1.29, 1.82) is 0 Å². The van der Waals surface area contributed by atoms with E-state index in [1.54, 1.807) is 18.2 Å². The Morgan fingerprint density at radius 1 is 1.32 bits per heavy atom. The third-order valence-corrected chi connectivity index (χ3v) is 4.03. The van der Waals surface area contributed by atoms with Gasteiger partial charge >= 0.3 is 0 Å². The van der Waals surface area contributed by atoms with Gasteiger partial charge in [0, 0.05) is 16.6 Å². The van der Waals surface area contributed by atoms with Gasteiger partial charge in [0.15, 0.2) is 0 Å². The van der Waals surface area contributed by atoms with Gasteiger partial charge in [-0.1, -0.05) is 22.0 Å². The minimum Gasteiger partial charge on any atom is -0.355 e. The predicted octanol–water partition coefficient (Wildman–Crippen LogP) is 1.72. The first-order valence-corrected chi connectivity index (χ1v) is 7.95. The summed E-state index contributed by atoms with van der Waals surface area (Å²) in [5.41, 5.74) is 0.536. The first kappa shape index (κ1) is 18.9. The minimum atomic E-state index is -0.244. The number of amides is 2. The number of nitrogens with one attached hydrogen (secondary N) is 3. The molecule has 0 aromatic heterocycles. The first-order valence-electron chi connectivity index (χ1n) is 7.16. The van der Waals surface area contributed by atoms with Gasteiger partial charge in [-0.3, -0.25) is 9.59 Å². The maximum atomic E-state index is 11.9. The molecule has 1 unspecified atom stereocenters. The van der Waals surface area contributed by atoms with E-state index in [2.05, 4.69) is 31.9 Å². The van der Waals surface area contributed by atoms with Crippen molar-refractivity contribution in [2.45, 2.75) is 12.8 Å². The number of benzene rings is 1. The average molecular weight is 391 g/mol. The van der Waals surface area contributed by atoms with Crippen LogP contribution in [0.4, 0.5) is 0 Å². The number of hydrogen-bond acceptors (Lipinski definition) is 3. The molecule has 7 heteroatoms. The van der Waals surface area contributed by atoms with E-state index in [9.17, 15) is 9.59 Å². The van der Waals surface area contributed by atoms with Crippen molar-refractivity contribution in [2.24, 2.45) is 5.92 Å². The number of rotatable bonds is 6. The molecule has 1 aromatic carbocycles. The molecule has 1 saturated heterocycles. The van der Waals surface area contributed by atoms with Gasteiger partial charge in [0.1, 0.15) is 0 Å². The predicted molar refractivity (Wildman–Crippen MR) is 92.3 cm³/mol. The van der Waals surface area contributed by atoms with Gasteiger partial charge in [-0.2, -0.15) is 0 Å². The Bertz CT molecular complexity index is 507. The van der Waals surface area contributed by atoms with Crippen molar-refractivity contribution in [3.05, 3.63) is 34.3 Å². The van der Waals surface area contributed by atoms with Crippen LogP contribution in [0.1, 0.15) is 23.2 Å². The van der Waals surface area contributed by atoms with Gasteiger partial charge in [0.25, 0.3) is 5.91 Å². The molecule has 0 saturated carbocycles. The van der Waals surface area contributed by atoms with Crippen molar-refractivity contribution >= 4 is 40.2 Å². The summed E-state index contributed by atoms with van der Waals surface area (Å²) in [5.74, 6) is 0.261. The van der Waals surface area contributed by atoms with Crippen molar-refractivity contribution in [1.82, 2.24) is 16.0 Å². The Balaban J connectivity index is 0.00000242. The van der Waals surface area contributed by atoms with Crippen LogP contribution in [0.3, 0.4) is 0 Å². The molecular formula is C15H21BrClN3O2. The number of carbonyl (C=O) groups is 2. The van der Waals surface area contributed by atoms with Gasteiger partial charge < -0.3 is 16.0 Å². The van der Waals surface area contributed by atoms with E-state index in [0.29, 0.717) is 18.0 Å². The second-order valence-corrected chi connectivity index (χ2v) is 6.11. The molecule has 1 fully saturated rings. The average Bonchev–Trinajstić information content (AvgIpc) is 2.98. The number of carbonyl (C=O) groups excluding carboxylic acids is 2. The highest BCUT2D eigenvalue weighted by atomic mass is 79.9. The van der Waals surface area contributed by atoms with Gasteiger partial charge in [-0.25, -0.2) is 0 Å². The third kappa shape index (κ3) is 6.34. The van der Waals surface area contributed by atoms with Crippen molar-refractivity contribution in [2.75, 3.05) is 26.2 Å². The molecule has 122 valence electrons. The Kier molecular flexibility index (Phi) is 8.45. The second-order valence-electron chi connectivity index (χ2n) is 5.19. The maximum absolute atomic E-state index is 11.9. The minimum absolute atomic E-state index is 0. The molecule has 1 aliphatic rings. The van der Waals surface area contributed by atoms with Gasteiger partial charge in [0.2, 0.25) is 5.91 Å². The molecule has 22 heavy (non-hydrogen) atoms. The van der Waals surface area contributed by atoms with Gasteiger partial charge in [0.05, 0.1) is 6.54 Å². The Hall–Kier alpha value is -1.11. The molecular weight excluding hydrogens is 370 g/mol. The largest absolute Gasteiger partial charge is 0.355 e. The monoisotopic (exact) mass is 389 g/mol. The lowest BCUT2D eigenvalue weighted by Crippen LogP contribution is -2.37. The highest BCUT2D eigenvalue weighted by Gasteiger charge is 2.14. The molecule has 1 atom stereocenters. The molecule has 5 nitrogen and oxygen atoms in total. The van der Waals surface area contributed by atoms with E-state index >= 15 is 0 Å². The fraction of sp³-hybridized carbons (Fsp3) is 0.467. The zero-order valence-corrected chi connectivity index (χ0v) is 14.6. The van der Waals surface area contributed by atoms with Crippen LogP contribution in [0.5, 0.6) is 0 Å². The summed E-state index contributed by atoms with van der Waals surface area (Å²) < 4.78 is 0.838. The molecule has 1 heterocycles. The Morgan fingerprint density at radius 2 is 2.14 bits per heavy atom. The van der Waals surface area contributed by atoms with E-state index in [4.69, 9.17) is 0 Å². The molecule has 0 aliphatic carbocycles. The molecule has 1 aromatic rings. The normalized spacial score (nSPS) is 16.7. The topological polar surface area (TPSA) is 70.2 Å². The molecule has 0 bridgehead atoms. The van der Waals surface area contributed by atoms with Crippen LogP contribution in [0.25, 0.3) is 0 Å². The zero-order chi connectivity index (χ0) is 15.1. The summed E-state index contributed by atoms with van der Waals surface area (Å²) in [4.78, 5) is 23.5. The second kappa shape index (κ2) is 9.82. The van der Waals surface area contributed by atoms with E-state index in [-0.39, 0.29) is 30.8 Å². The van der Waals surface area contributed by atoms with Crippen LogP contribution < -0.4 is 16.0 Å². The van der Waals surface area contributed by atoms with Gasteiger partial charge in [-0.05, 0) is 50.0 Å². The lowest BCUT2D eigenvalue weighted by Gasteiger charge is -2.10. The van der Waals surface area contributed by atoms with E-state index < -0.39 is 0 Å². The van der Waals surface area contributed by atoms with Crippen LogP contribution >= 0.6 is 28.3 Å². The Morgan fingerprint density at radius 3 is 2.82 bits per heavy atom. The molecule has 3 N–H and O–H groups in total. The smallest absolute Gasteiger partial charge is 0.251 e. The maximum Gasteiger partial charge on any atom is 0.251 e. The number of halogens is 2. The quantitative estimate of drug-likeness (QED) is 0.692. The van der Waals surface area contributed by atoms with Crippen LogP contribution in [0.15, 0.2) is 28.7 Å². The zero-order valence-electron chi connectivity index (χ0n) is 12.2. The lowest BCUT2D eigenvalue weighted by atomic mass is 10.1. The fourth-order valence-corrected chi connectivity index (χ4v) is 2.73. The van der Waals surface area contributed by atoms with Gasteiger partial charge in [-0.15, -0.1) is 12.4 Å². The molecule has 0 radical (unpaired) electrons.